The Morgan fingerprint density at radius 1 is 1.45 bits per heavy atom. The highest BCUT2D eigenvalue weighted by Crippen LogP contribution is 2.48. The molecule has 0 spiro atoms. The van der Waals surface area contributed by atoms with Gasteiger partial charge in [0.2, 0.25) is 11.8 Å². The monoisotopic (exact) mass is 279 g/mol. The van der Waals surface area contributed by atoms with E-state index in [1.54, 1.807) is 11.8 Å². The van der Waals surface area contributed by atoms with Crippen molar-refractivity contribution in [3.05, 3.63) is 11.7 Å². The number of rotatable bonds is 3. The molecule has 2 heterocycles. The number of nitrogens with zero attached hydrogens (tertiary/aromatic N) is 3. The lowest BCUT2D eigenvalue weighted by atomic mass is 9.95. The number of carbonyl (C=O) groups is 2. The summed E-state index contributed by atoms with van der Waals surface area (Å²) in [6.45, 7) is 2.83. The van der Waals surface area contributed by atoms with E-state index in [1.165, 1.54) is 0 Å². The Morgan fingerprint density at radius 2 is 2.20 bits per heavy atom. The van der Waals surface area contributed by atoms with Gasteiger partial charge in [-0.2, -0.15) is 4.98 Å². The van der Waals surface area contributed by atoms with Gasteiger partial charge in [0.15, 0.2) is 5.82 Å². The summed E-state index contributed by atoms with van der Waals surface area (Å²) in [6.07, 6.45) is 2.60. The molecule has 3 rings (SSSR count). The first-order valence-corrected chi connectivity index (χ1v) is 6.86. The maximum Gasteiger partial charge on any atom is 0.319 e. The van der Waals surface area contributed by atoms with Gasteiger partial charge in [-0.3, -0.25) is 9.59 Å². The first-order chi connectivity index (χ1) is 9.53. The average molecular weight is 279 g/mol. The van der Waals surface area contributed by atoms with E-state index >= 15 is 0 Å². The van der Waals surface area contributed by atoms with Crippen LogP contribution in [0.15, 0.2) is 4.52 Å². The van der Waals surface area contributed by atoms with E-state index < -0.39 is 11.4 Å². The smallest absolute Gasteiger partial charge is 0.319 e. The molecule has 2 fully saturated rings. The van der Waals surface area contributed by atoms with Gasteiger partial charge < -0.3 is 14.5 Å². The summed E-state index contributed by atoms with van der Waals surface area (Å²) in [5.41, 5.74) is -1.16. The molecule has 1 aromatic rings. The lowest BCUT2D eigenvalue weighted by Gasteiger charge is -2.32. The van der Waals surface area contributed by atoms with E-state index in [4.69, 9.17) is 4.52 Å². The summed E-state index contributed by atoms with van der Waals surface area (Å²) in [5.74, 6) is -0.129. The van der Waals surface area contributed by atoms with Crippen LogP contribution in [0.3, 0.4) is 0 Å². The van der Waals surface area contributed by atoms with Crippen molar-refractivity contribution in [2.45, 2.75) is 38.5 Å². The predicted molar refractivity (Wildman–Crippen MR) is 66.9 cm³/mol. The molecule has 1 aromatic heterocycles. The minimum atomic E-state index is -1.16. The first-order valence-electron chi connectivity index (χ1n) is 6.86. The van der Waals surface area contributed by atoms with Crippen LogP contribution in [-0.2, 0) is 9.59 Å². The van der Waals surface area contributed by atoms with Crippen molar-refractivity contribution < 1.29 is 19.2 Å². The molecule has 0 bridgehead atoms. The zero-order chi connectivity index (χ0) is 14.3. The van der Waals surface area contributed by atoms with Gasteiger partial charge in [0.05, 0.1) is 5.92 Å². The number of aliphatic carboxylic acids is 1. The Morgan fingerprint density at radius 3 is 2.75 bits per heavy atom. The van der Waals surface area contributed by atoms with Crippen molar-refractivity contribution in [3.63, 3.8) is 0 Å². The number of aromatic nitrogens is 2. The number of hydrogen-bond acceptors (Lipinski definition) is 5. The Kier molecular flexibility index (Phi) is 2.99. The van der Waals surface area contributed by atoms with Gasteiger partial charge in [-0.15, -0.1) is 0 Å². The molecule has 2 aliphatic rings. The quantitative estimate of drug-likeness (QED) is 0.827. The molecule has 0 radical (unpaired) electrons. The second kappa shape index (κ2) is 4.57. The molecule has 20 heavy (non-hydrogen) atoms. The van der Waals surface area contributed by atoms with Crippen molar-refractivity contribution in [2.24, 2.45) is 5.41 Å². The Bertz CT molecular complexity index is 550. The SMILES string of the molecule is Cc1noc([C@H]2CCCN(C(=O)C3(C(=O)O)CC3)C2)n1. The van der Waals surface area contributed by atoms with Crippen molar-refractivity contribution in [1.29, 1.82) is 0 Å². The van der Waals surface area contributed by atoms with Gasteiger partial charge in [0, 0.05) is 13.1 Å². The molecule has 0 aromatic carbocycles. The lowest BCUT2D eigenvalue weighted by Crippen LogP contribution is -2.45. The van der Waals surface area contributed by atoms with Crippen LogP contribution in [0.2, 0.25) is 0 Å². The fraction of sp³-hybridized carbons (Fsp3) is 0.692. The average Bonchev–Trinajstić information content (AvgIpc) is 3.15. The highest BCUT2D eigenvalue weighted by molar-refractivity contribution is 6.04. The lowest BCUT2D eigenvalue weighted by molar-refractivity contribution is -0.154. The molecule has 7 nitrogen and oxygen atoms in total. The predicted octanol–water partition coefficient (Wildman–Crippen LogP) is 0.949. The van der Waals surface area contributed by atoms with E-state index in [0.717, 1.165) is 12.8 Å². The summed E-state index contributed by atoms with van der Waals surface area (Å²) in [4.78, 5) is 29.5. The van der Waals surface area contributed by atoms with E-state index in [2.05, 4.69) is 10.1 Å². The van der Waals surface area contributed by atoms with Crippen molar-refractivity contribution in [1.82, 2.24) is 15.0 Å². The maximum absolute atomic E-state index is 12.4. The van der Waals surface area contributed by atoms with Crippen LogP contribution >= 0.6 is 0 Å². The molecule has 7 heteroatoms. The Balaban J connectivity index is 1.72. The standard InChI is InChI=1S/C13H17N3O4/c1-8-14-10(20-15-8)9-3-2-6-16(7-9)11(17)13(4-5-13)12(18)19/h9H,2-7H2,1H3,(H,18,19)/t9-/m0/s1. The topological polar surface area (TPSA) is 96.5 Å². The third-order valence-corrected chi connectivity index (χ3v) is 4.17. The molecule has 1 saturated heterocycles. The largest absolute Gasteiger partial charge is 0.480 e. The highest BCUT2D eigenvalue weighted by atomic mass is 16.5. The number of likely N-dealkylation sites (tertiary alicyclic amines) is 1. The van der Waals surface area contributed by atoms with E-state index in [-0.39, 0.29) is 11.8 Å². The first kappa shape index (κ1) is 13.1. The van der Waals surface area contributed by atoms with Gasteiger partial charge in [-0.25, -0.2) is 0 Å². The van der Waals surface area contributed by atoms with Crippen LogP contribution in [0.5, 0.6) is 0 Å². The van der Waals surface area contributed by atoms with E-state index in [9.17, 15) is 14.7 Å². The van der Waals surface area contributed by atoms with Crippen LogP contribution in [0.1, 0.15) is 43.3 Å². The minimum absolute atomic E-state index is 0.0125. The van der Waals surface area contributed by atoms with Gasteiger partial charge in [0.25, 0.3) is 0 Å². The summed E-state index contributed by atoms with van der Waals surface area (Å²) in [5, 5.41) is 13.0. The van der Waals surface area contributed by atoms with E-state index in [0.29, 0.717) is 37.6 Å². The summed E-state index contributed by atoms with van der Waals surface area (Å²) in [7, 11) is 0. The number of aryl methyl sites for hydroxylation is 1. The molecule has 1 aliphatic carbocycles. The number of piperidine rings is 1. The van der Waals surface area contributed by atoms with E-state index in [1.807, 2.05) is 0 Å². The van der Waals surface area contributed by atoms with Crippen molar-refractivity contribution >= 4 is 11.9 Å². The van der Waals surface area contributed by atoms with Crippen molar-refractivity contribution in [2.75, 3.05) is 13.1 Å². The number of amides is 1. The van der Waals surface area contributed by atoms with Gasteiger partial charge in [-0.05, 0) is 32.6 Å². The van der Waals surface area contributed by atoms with Crippen LogP contribution in [0.4, 0.5) is 0 Å². The van der Waals surface area contributed by atoms with Gasteiger partial charge >= 0.3 is 5.97 Å². The molecular formula is C13H17N3O4. The van der Waals surface area contributed by atoms with Crippen molar-refractivity contribution in [3.8, 4) is 0 Å². The van der Waals surface area contributed by atoms with Crippen LogP contribution in [0, 0.1) is 12.3 Å². The molecule has 1 atom stereocenters. The molecule has 108 valence electrons. The molecule has 1 aliphatic heterocycles. The second-order valence-electron chi connectivity index (χ2n) is 5.66. The van der Waals surface area contributed by atoms with Crippen LogP contribution in [-0.4, -0.2) is 45.1 Å². The minimum Gasteiger partial charge on any atom is -0.480 e. The molecule has 0 unspecified atom stereocenters. The zero-order valence-electron chi connectivity index (χ0n) is 11.3. The highest BCUT2D eigenvalue weighted by Gasteiger charge is 2.58. The summed E-state index contributed by atoms with van der Waals surface area (Å²) in [6, 6.07) is 0. The summed E-state index contributed by atoms with van der Waals surface area (Å²) >= 11 is 0. The second-order valence-corrected chi connectivity index (χ2v) is 5.66. The third kappa shape index (κ3) is 2.07. The summed E-state index contributed by atoms with van der Waals surface area (Å²) < 4.78 is 5.17. The number of carbonyl (C=O) groups excluding carboxylic acids is 1. The molecule has 1 N–H and O–H groups in total. The number of hydrogen-bond donors (Lipinski definition) is 1. The third-order valence-electron chi connectivity index (χ3n) is 4.17. The fourth-order valence-electron chi connectivity index (χ4n) is 2.79. The van der Waals surface area contributed by atoms with Crippen LogP contribution < -0.4 is 0 Å². The Hall–Kier alpha value is -1.92. The van der Waals surface area contributed by atoms with Crippen LogP contribution in [0.25, 0.3) is 0 Å². The molecule has 1 amide bonds. The Labute approximate surface area is 115 Å². The molecular weight excluding hydrogens is 262 g/mol. The maximum atomic E-state index is 12.4. The number of carboxylic acids is 1. The zero-order valence-corrected chi connectivity index (χ0v) is 11.3. The normalized spacial score (nSPS) is 24.4. The van der Waals surface area contributed by atoms with Gasteiger partial charge in [-0.1, -0.05) is 5.16 Å². The fourth-order valence-corrected chi connectivity index (χ4v) is 2.79. The van der Waals surface area contributed by atoms with Gasteiger partial charge in [0.1, 0.15) is 5.41 Å². The number of carboxylic acid groups (broad SMARTS) is 1. The molecule has 1 saturated carbocycles.